The number of anilines is 2. The standard InChI is InChI=1S/C19H28N8O4/c1-24(2)7-6-8-25(3)17(28)16-10-14(12-21-16)26(4)18(29)15-9-13(11-20-15)22-19(30)27(5)23-31/h9-12,20-21H,6-8H2,1-5H3,(H,22,30). The summed E-state index contributed by atoms with van der Waals surface area (Å²) in [6.07, 6.45) is 3.85. The molecular weight excluding hydrogens is 404 g/mol. The van der Waals surface area contributed by atoms with E-state index in [-0.39, 0.29) is 17.5 Å². The van der Waals surface area contributed by atoms with Gasteiger partial charge in [0, 0.05) is 40.1 Å². The second kappa shape index (κ2) is 10.4. The number of rotatable bonds is 9. The largest absolute Gasteiger partial charge is 0.355 e. The third-order valence-corrected chi connectivity index (χ3v) is 4.62. The van der Waals surface area contributed by atoms with Crippen molar-refractivity contribution in [2.45, 2.75) is 6.42 Å². The molecule has 4 amide bonds. The molecule has 0 saturated heterocycles. The van der Waals surface area contributed by atoms with Gasteiger partial charge in [-0.15, -0.1) is 4.91 Å². The summed E-state index contributed by atoms with van der Waals surface area (Å²) in [6.45, 7) is 1.50. The van der Waals surface area contributed by atoms with Gasteiger partial charge in [-0.3, -0.25) is 9.59 Å². The second-order valence-corrected chi connectivity index (χ2v) is 7.36. The zero-order chi connectivity index (χ0) is 23.1. The Labute approximate surface area is 180 Å². The summed E-state index contributed by atoms with van der Waals surface area (Å²) in [7, 11) is 8.48. The zero-order valence-corrected chi connectivity index (χ0v) is 18.3. The first-order chi connectivity index (χ1) is 14.6. The molecule has 12 nitrogen and oxygen atoms in total. The van der Waals surface area contributed by atoms with E-state index in [4.69, 9.17) is 0 Å². The van der Waals surface area contributed by atoms with Crippen LogP contribution in [0.2, 0.25) is 0 Å². The number of urea groups is 1. The van der Waals surface area contributed by atoms with Crippen molar-refractivity contribution < 1.29 is 14.4 Å². The Kier molecular flexibility index (Phi) is 7.91. The van der Waals surface area contributed by atoms with Gasteiger partial charge in [0.1, 0.15) is 11.4 Å². The van der Waals surface area contributed by atoms with Crippen LogP contribution in [0.1, 0.15) is 27.4 Å². The molecular formula is C19H28N8O4. The fourth-order valence-corrected chi connectivity index (χ4v) is 2.76. The van der Waals surface area contributed by atoms with E-state index in [9.17, 15) is 19.3 Å². The van der Waals surface area contributed by atoms with E-state index in [1.165, 1.54) is 24.2 Å². The fourth-order valence-electron chi connectivity index (χ4n) is 2.76. The van der Waals surface area contributed by atoms with Gasteiger partial charge in [0.15, 0.2) is 0 Å². The van der Waals surface area contributed by atoms with Crippen LogP contribution in [-0.2, 0) is 0 Å². The number of hydrogen-bond donors (Lipinski definition) is 3. The lowest BCUT2D eigenvalue weighted by Gasteiger charge is -2.18. The number of hydrogen-bond acceptors (Lipinski definition) is 6. The molecule has 0 aliphatic heterocycles. The van der Waals surface area contributed by atoms with Crippen molar-refractivity contribution in [1.82, 2.24) is 24.8 Å². The van der Waals surface area contributed by atoms with Gasteiger partial charge in [0.25, 0.3) is 11.8 Å². The highest BCUT2D eigenvalue weighted by Gasteiger charge is 2.20. The van der Waals surface area contributed by atoms with Crippen molar-refractivity contribution in [3.05, 3.63) is 40.8 Å². The number of carbonyl (C=O) groups is 3. The van der Waals surface area contributed by atoms with Gasteiger partial charge < -0.3 is 30.0 Å². The molecule has 0 spiro atoms. The van der Waals surface area contributed by atoms with Gasteiger partial charge >= 0.3 is 6.03 Å². The highest BCUT2D eigenvalue weighted by molar-refractivity contribution is 6.06. The van der Waals surface area contributed by atoms with Crippen molar-refractivity contribution >= 4 is 29.2 Å². The number of aromatic amines is 2. The lowest BCUT2D eigenvalue weighted by Crippen LogP contribution is -2.30. The molecule has 0 saturated carbocycles. The molecule has 0 aliphatic carbocycles. The monoisotopic (exact) mass is 432 g/mol. The van der Waals surface area contributed by atoms with Crippen LogP contribution in [0.4, 0.5) is 16.2 Å². The maximum absolute atomic E-state index is 12.7. The van der Waals surface area contributed by atoms with E-state index in [0.29, 0.717) is 28.6 Å². The van der Waals surface area contributed by atoms with Crippen molar-refractivity contribution in [3.8, 4) is 0 Å². The van der Waals surface area contributed by atoms with Gasteiger partial charge in [0.2, 0.25) is 0 Å². The quantitative estimate of drug-likeness (QED) is 0.410. The van der Waals surface area contributed by atoms with Crippen LogP contribution in [0.5, 0.6) is 0 Å². The van der Waals surface area contributed by atoms with Crippen LogP contribution < -0.4 is 10.2 Å². The van der Waals surface area contributed by atoms with Crippen molar-refractivity contribution in [3.63, 3.8) is 0 Å². The van der Waals surface area contributed by atoms with Crippen molar-refractivity contribution in [2.24, 2.45) is 5.29 Å². The number of aromatic nitrogens is 2. The first kappa shape index (κ1) is 23.6. The summed E-state index contributed by atoms with van der Waals surface area (Å²) in [5.74, 6) is -0.539. The molecule has 0 unspecified atom stereocenters. The minimum atomic E-state index is -0.732. The molecule has 3 N–H and O–H groups in total. The second-order valence-electron chi connectivity index (χ2n) is 7.36. The number of nitrogens with one attached hydrogen (secondary N) is 3. The molecule has 2 rings (SSSR count). The Bertz CT molecular complexity index is 935. The molecule has 168 valence electrons. The molecule has 0 radical (unpaired) electrons. The molecule has 0 aromatic carbocycles. The van der Waals surface area contributed by atoms with Crippen molar-refractivity contribution in [2.75, 3.05) is 58.5 Å². The number of H-pyrrole nitrogens is 2. The lowest BCUT2D eigenvalue weighted by molar-refractivity contribution is 0.0785. The smallest absolute Gasteiger partial charge is 0.344 e. The maximum Gasteiger partial charge on any atom is 0.344 e. The van der Waals surface area contributed by atoms with E-state index in [0.717, 1.165) is 13.0 Å². The third kappa shape index (κ3) is 6.15. The zero-order valence-electron chi connectivity index (χ0n) is 18.3. The number of carbonyl (C=O) groups excluding carboxylic acids is 3. The van der Waals surface area contributed by atoms with E-state index < -0.39 is 6.03 Å². The number of nitrogens with zero attached hydrogens (tertiary/aromatic N) is 5. The molecule has 31 heavy (non-hydrogen) atoms. The van der Waals surface area contributed by atoms with Crippen LogP contribution in [-0.4, -0.2) is 91.0 Å². The summed E-state index contributed by atoms with van der Waals surface area (Å²) in [4.78, 5) is 58.1. The van der Waals surface area contributed by atoms with Crippen LogP contribution in [0.25, 0.3) is 0 Å². The van der Waals surface area contributed by atoms with E-state index in [1.54, 1.807) is 31.3 Å². The predicted molar refractivity (Wildman–Crippen MR) is 117 cm³/mol. The van der Waals surface area contributed by atoms with E-state index in [1.807, 2.05) is 14.1 Å². The highest BCUT2D eigenvalue weighted by Crippen LogP contribution is 2.19. The normalized spacial score (nSPS) is 10.6. The van der Waals surface area contributed by atoms with Gasteiger partial charge in [-0.2, -0.15) is 5.01 Å². The third-order valence-electron chi connectivity index (χ3n) is 4.62. The number of nitroso groups, excluding NO2 is 1. The molecule has 2 aromatic rings. The molecule has 0 fully saturated rings. The molecule has 0 bridgehead atoms. The van der Waals surface area contributed by atoms with E-state index in [2.05, 4.69) is 25.5 Å². The SMILES string of the molecule is CN(C)CCCN(C)C(=O)c1cc(N(C)C(=O)c2cc(NC(=O)N(C)N=O)c[nH]2)c[nH]1. The molecule has 0 atom stereocenters. The van der Waals surface area contributed by atoms with Crippen molar-refractivity contribution in [1.29, 1.82) is 0 Å². The summed E-state index contributed by atoms with van der Waals surface area (Å²) in [6, 6.07) is 2.32. The average Bonchev–Trinajstić information content (AvgIpc) is 3.41. The Morgan fingerprint density at radius 3 is 2.23 bits per heavy atom. The Balaban J connectivity index is 2.01. The van der Waals surface area contributed by atoms with Crippen LogP contribution in [0, 0.1) is 4.91 Å². The number of amides is 4. The summed E-state index contributed by atoms with van der Waals surface area (Å²) in [5, 5.41) is 5.52. The minimum Gasteiger partial charge on any atom is -0.355 e. The van der Waals surface area contributed by atoms with Gasteiger partial charge in [-0.25, -0.2) is 4.79 Å². The van der Waals surface area contributed by atoms with Crippen LogP contribution in [0.3, 0.4) is 0 Å². The highest BCUT2D eigenvalue weighted by atomic mass is 16.3. The summed E-state index contributed by atoms with van der Waals surface area (Å²) < 4.78 is 0. The Morgan fingerprint density at radius 1 is 0.935 bits per heavy atom. The Morgan fingerprint density at radius 2 is 1.58 bits per heavy atom. The lowest BCUT2D eigenvalue weighted by atomic mass is 10.3. The summed E-state index contributed by atoms with van der Waals surface area (Å²) in [5.41, 5.74) is 1.42. The predicted octanol–water partition coefficient (Wildman–Crippen LogP) is 1.79. The molecule has 0 aliphatic rings. The van der Waals surface area contributed by atoms with E-state index >= 15 is 0 Å². The first-order valence-corrected chi connectivity index (χ1v) is 9.57. The maximum atomic E-state index is 12.7. The first-order valence-electron chi connectivity index (χ1n) is 9.57. The topological polar surface area (TPSA) is 137 Å². The van der Waals surface area contributed by atoms with Gasteiger partial charge in [0.05, 0.1) is 16.7 Å². The summed E-state index contributed by atoms with van der Waals surface area (Å²) >= 11 is 0. The van der Waals surface area contributed by atoms with Gasteiger partial charge in [-0.1, -0.05) is 0 Å². The molecule has 2 heterocycles. The average molecular weight is 432 g/mol. The minimum absolute atomic E-state index is 0.163. The van der Waals surface area contributed by atoms with Gasteiger partial charge in [-0.05, 0) is 39.2 Å². The Hall–Kier alpha value is -3.67. The molecule has 2 aromatic heterocycles. The van der Waals surface area contributed by atoms with Crippen LogP contribution in [0.15, 0.2) is 29.8 Å². The van der Waals surface area contributed by atoms with Crippen LogP contribution >= 0.6 is 0 Å². The molecule has 12 heteroatoms. The fraction of sp³-hybridized carbons (Fsp3) is 0.421.